The van der Waals surface area contributed by atoms with Gasteiger partial charge in [0.1, 0.15) is 0 Å². The van der Waals surface area contributed by atoms with Crippen LogP contribution in [0.25, 0.3) is 0 Å². The summed E-state index contributed by atoms with van der Waals surface area (Å²) < 4.78 is 44.3. The molecule has 3 unspecified atom stereocenters. The van der Waals surface area contributed by atoms with Crippen LogP contribution in [0.5, 0.6) is 0 Å². The molecule has 0 radical (unpaired) electrons. The number of hydrogen-bond donors (Lipinski definition) is 0. The van der Waals surface area contributed by atoms with Gasteiger partial charge in [0.05, 0.1) is 11.3 Å². The van der Waals surface area contributed by atoms with Gasteiger partial charge in [-0.3, -0.25) is 0 Å². The van der Waals surface area contributed by atoms with Gasteiger partial charge in [0.2, 0.25) is 0 Å². The van der Waals surface area contributed by atoms with Crippen LogP contribution < -0.4 is 0 Å². The van der Waals surface area contributed by atoms with Gasteiger partial charge in [0.15, 0.2) is 0 Å². The van der Waals surface area contributed by atoms with E-state index in [1.165, 1.54) is 0 Å². The van der Waals surface area contributed by atoms with Crippen molar-refractivity contribution in [2.24, 2.45) is 5.92 Å². The molecule has 0 bridgehead atoms. The Kier molecular flexibility index (Phi) is 7.87. The zero-order chi connectivity index (χ0) is 12.7. The lowest BCUT2D eigenvalue weighted by Gasteiger charge is -2.22. The third-order valence-electron chi connectivity index (χ3n) is 2.92. The maximum Gasteiger partial charge on any atom is 0.319 e. The average molecular weight is 266 g/mol. The molecule has 0 aliphatic rings. The van der Waals surface area contributed by atoms with Crippen LogP contribution >= 0.6 is 15.4 Å². The third-order valence-corrected chi connectivity index (χ3v) is 5.15. The van der Waals surface area contributed by atoms with Crippen LogP contribution in [-0.4, -0.2) is 11.3 Å². The highest BCUT2D eigenvalue weighted by atomic mass is 31.1. The predicted octanol–water partition coefficient (Wildman–Crippen LogP) is 4.31. The monoisotopic (exact) mass is 266 g/mol. The van der Waals surface area contributed by atoms with Crippen LogP contribution in [0, 0.1) is 5.92 Å². The van der Waals surface area contributed by atoms with Crippen molar-refractivity contribution in [3.8, 4) is 0 Å². The smallest absolute Gasteiger partial charge is 0.237 e. The lowest BCUT2D eigenvalue weighted by atomic mass is 9.93. The molecule has 0 heterocycles. The lowest BCUT2D eigenvalue weighted by molar-refractivity contribution is 0.391. The molecule has 0 saturated carbocycles. The fraction of sp³-hybridized carbons (Fsp3) is 1.00. The minimum atomic E-state index is -2.55. The van der Waals surface area contributed by atoms with Gasteiger partial charge < -0.3 is 0 Å². The quantitative estimate of drug-likeness (QED) is 0.614. The lowest BCUT2D eigenvalue weighted by Crippen LogP contribution is -2.24. The van der Waals surface area contributed by atoms with Crippen molar-refractivity contribution in [2.45, 2.75) is 57.8 Å². The van der Waals surface area contributed by atoms with E-state index in [-0.39, 0.29) is 5.92 Å². The molecule has 0 aromatic rings. The predicted molar refractivity (Wildman–Crippen MR) is 63.1 cm³/mol. The Hall–Kier alpha value is -0.200. The Morgan fingerprint density at radius 2 is 1.38 bits per heavy atom. The maximum atomic E-state index is 11.2. The molecule has 0 spiro atoms. The molecule has 0 rings (SSSR count). The molecule has 16 heavy (non-hydrogen) atoms. The molecule has 4 nitrogen and oxygen atoms in total. The van der Waals surface area contributed by atoms with Crippen molar-refractivity contribution in [3.63, 3.8) is 0 Å². The molecule has 6 heteroatoms. The van der Waals surface area contributed by atoms with Crippen LogP contribution in [0.3, 0.4) is 0 Å². The number of hydrogen-bond acceptors (Lipinski definition) is 4. The summed E-state index contributed by atoms with van der Waals surface area (Å²) in [6.07, 6.45) is 2.77. The van der Waals surface area contributed by atoms with E-state index < -0.39 is 26.7 Å². The first kappa shape index (κ1) is 15.8. The molecular weight excluding hydrogens is 246 g/mol. The molecule has 0 fully saturated rings. The molecule has 0 aromatic heterocycles. The van der Waals surface area contributed by atoms with Gasteiger partial charge in [-0.05, 0) is 25.7 Å². The van der Waals surface area contributed by atoms with E-state index in [1.54, 1.807) is 6.92 Å². The molecule has 0 saturated heterocycles. The molecule has 0 N–H and O–H groups in total. The van der Waals surface area contributed by atoms with Crippen molar-refractivity contribution in [2.75, 3.05) is 0 Å². The summed E-state index contributed by atoms with van der Waals surface area (Å²) in [5.41, 5.74) is -1.05. The normalized spacial score (nSPS) is 16.4. The van der Waals surface area contributed by atoms with E-state index in [9.17, 15) is 18.3 Å². The van der Waals surface area contributed by atoms with Crippen LogP contribution in [0.4, 0.5) is 0 Å². The zero-order valence-corrected chi connectivity index (χ0v) is 11.9. The molecule has 0 amide bonds. The summed E-state index contributed by atoms with van der Waals surface area (Å²) in [6, 6.07) is 0. The highest BCUT2D eigenvalue weighted by Gasteiger charge is 2.32. The molecule has 0 aromatic carbocycles. The second kappa shape index (κ2) is 7.97. The van der Waals surface area contributed by atoms with E-state index in [4.69, 9.17) is 0 Å². The second-order valence-electron chi connectivity index (χ2n) is 4.12. The highest BCUT2D eigenvalue weighted by molar-refractivity contribution is 7.33. The van der Waals surface area contributed by atoms with Gasteiger partial charge in [-0.15, -0.1) is 0 Å². The highest BCUT2D eigenvalue weighted by Crippen LogP contribution is 2.38. The van der Waals surface area contributed by atoms with Gasteiger partial charge in [-0.25, -0.2) is 18.3 Å². The minimum Gasteiger partial charge on any atom is -0.237 e. The summed E-state index contributed by atoms with van der Waals surface area (Å²) in [5.74, 6) is -0.257. The Labute approximate surface area is 97.8 Å². The van der Waals surface area contributed by atoms with Crippen molar-refractivity contribution in [1.82, 2.24) is 0 Å². The van der Waals surface area contributed by atoms with Crippen molar-refractivity contribution in [1.29, 1.82) is 0 Å². The zero-order valence-electron chi connectivity index (χ0n) is 10.1. The first-order chi connectivity index (χ1) is 7.45. The molecular formula is C10H20O4P2. The Bertz CT molecular complexity index is 318. The second-order valence-corrected chi connectivity index (χ2v) is 6.74. The van der Waals surface area contributed by atoms with E-state index in [0.29, 0.717) is 12.8 Å². The summed E-state index contributed by atoms with van der Waals surface area (Å²) in [5, 5.41) is 0. The van der Waals surface area contributed by atoms with Gasteiger partial charge in [0.25, 0.3) is 0 Å². The van der Waals surface area contributed by atoms with Crippen LogP contribution in [0.2, 0.25) is 0 Å². The Morgan fingerprint density at radius 1 is 0.875 bits per heavy atom. The number of rotatable bonds is 8. The van der Waals surface area contributed by atoms with Gasteiger partial charge in [-0.2, -0.15) is 0 Å². The van der Waals surface area contributed by atoms with Crippen LogP contribution in [-0.2, 0) is 18.3 Å². The van der Waals surface area contributed by atoms with E-state index in [1.807, 2.05) is 13.8 Å². The first-order valence-corrected chi connectivity index (χ1v) is 8.21. The molecule has 0 aliphatic carbocycles. The largest absolute Gasteiger partial charge is 0.319 e. The first-order valence-electron chi connectivity index (χ1n) is 5.72. The fourth-order valence-electron chi connectivity index (χ4n) is 2.02. The van der Waals surface area contributed by atoms with Gasteiger partial charge in [0, 0.05) is 0 Å². The van der Waals surface area contributed by atoms with E-state index >= 15 is 0 Å². The summed E-state index contributed by atoms with van der Waals surface area (Å²) in [6.45, 7) is 5.46. The molecule has 0 aliphatic heterocycles. The van der Waals surface area contributed by atoms with Crippen LogP contribution in [0.15, 0.2) is 0 Å². The maximum absolute atomic E-state index is 11.2. The summed E-state index contributed by atoms with van der Waals surface area (Å²) in [4.78, 5) is 0. The van der Waals surface area contributed by atoms with Gasteiger partial charge >= 0.3 is 15.4 Å². The van der Waals surface area contributed by atoms with E-state index in [0.717, 1.165) is 12.8 Å². The Morgan fingerprint density at radius 3 is 1.69 bits per heavy atom. The topological polar surface area (TPSA) is 68.3 Å². The third kappa shape index (κ3) is 4.76. The fourth-order valence-corrected chi connectivity index (χ4v) is 4.01. The minimum absolute atomic E-state index is 0.257. The standard InChI is InChI=1S/C10H20O4P2/c1-4-6-9(8(3)15(11)12)10(7-5-2)16(13)14/h8-10H,4-7H2,1-3H3. The summed E-state index contributed by atoms with van der Waals surface area (Å²) >= 11 is 0. The van der Waals surface area contributed by atoms with Gasteiger partial charge in [-0.1, -0.05) is 26.7 Å². The van der Waals surface area contributed by atoms with Crippen molar-refractivity contribution < 1.29 is 18.3 Å². The van der Waals surface area contributed by atoms with Crippen molar-refractivity contribution in [3.05, 3.63) is 0 Å². The van der Waals surface area contributed by atoms with E-state index in [2.05, 4.69) is 0 Å². The Balaban J connectivity index is 4.96. The SMILES string of the molecule is CCCC(C(C)P(=O)=O)C(CCC)P(=O)=O. The molecule has 94 valence electrons. The summed E-state index contributed by atoms with van der Waals surface area (Å²) in [7, 11) is -5.09. The molecule has 3 atom stereocenters. The average Bonchev–Trinajstić information content (AvgIpc) is 2.21. The van der Waals surface area contributed by atoms with Crippen molar-refractivity contribution >= 4 is 15.4 Å². The van der Waals surface area contributed by atoms with Crippen LogP contribution in [0.1, 0.15) is 46.5 Å².